The van der Waals surface area contributed by atoms with E-state index >= 15 is 0 Å². The van der Waals surface area contributed by atoms with E-state index in [1.165, 1.54) is 11.3 Å². The first kappa shape index (κ1) is 12.7. The number of anilines is 2. The van der Waals surface area contributed by atoms with E-state index in [-0.39, 0.29) is 6.61 Å². The van der Waals surface area contributed by atoms with Gasteiger partial charge in [0.15, 0.2) is 0 Å². The van der Waals surface area contributed by atoms with Crippen molar-refractivity contribution < 1.29 is 5.11 Å². The number of hydrogen-bond donors (Lipinski definition) is 1. The first-order chi connectivity index (χ1) is 8.61. The van der Waals surface area contributed by atoms with Gasteiger partial charge in [0.25, 0.3) is 0 Å². The van der Waals surface area contributed by atoms with Crippen molar-refractivity contribution in [1.29, 1.82) is 0 Å². The van der Waals surface area contributed by atoms with Crippen LogP contribution in [0.2, 0.25) is 0 Å². The second kappa shape index (κ2) is 5.23. The van der Waals surface area contributed by atoms with Crippen LogP contribution in [-0.2, 0) is 6.61 Å². The third-order valence-corrected chi connectivity index (χ3v) is 3.27. The van der Waals surface area contributed by atoms with Crippen LogP contribution in [0.3, 0.4) is 0 Å². The number of hydrogen-bond acceptors (Lipinski definition) is 2. The van der Waals surface area contributed by atoms with E-state index in [0.717, 1.165) is 16.8 Å². The quantitative estimate of drug-likeness (QED) is 0.888. The molecular formula is C16H19NO. The summed E-state index contributed by atoms with van der Waals surface area (Å²) >= 11 is 0. The molecule has 0 atom stereocenters. The van der Waals surface area contributed by atoms with Crippen LogP contribution in [0.5, 0.6) is 0 Å². The van der Waals surface area contributed by atoms with Crippen molar-refractivity contribution in [3.05, 3.63) is 59.2 Å². The second-order valence-corrected chi connectivity index (χ2v) is 4.67. The molecular weight excluding hydrogens is 222 g/mol. The predicted molar refractivity (Wildman–Crippen MR) is 76.3 cm³/mol. The van der Waals surface area contributed by atoms with Crippen molar-refractivity contribution in [2.75, 3.05) is 11.9 Å². The summed E-state index contributed by atoms with van der Waals surface area (Å²) in [5, 5.41) is 9.19. The largest absolute Gasteiger partial charge is 0.392 e. The lowest BCUT2D eigenvalue weighted by Crippen LogP contribution is -2.10. The van der Waals surface area contributed by atoms with Gasteiger partial charge in [0.2, 0.25) is 0 Å². The van der Waals surface area contributed by atoms with E-state index < -0.39 is 0 Å². The fraction of sp³-hybridized carbons (Fsp3) is 0.250. The molecule has 0 spiro atoms. The van der Waals surface area contributed by atoms with E-state index in [0.29, 0.717) is 0 Å². The van der Waals surface area contributed by atoms with Crippen molar-refractivity contribution in [1.82, 2.24) is 0 Å². The van der Waals surface area contributed by atoms with Gasteiger partial charge in [-0.25, -0.2) is 0 Å². The fourth-order valence-corrected chi connectivity index (χ4v) is 2.05. The highest BCUT2D eigenvalue weighted by molar-refractivity contribution is 5.64. The van der Waals surface area contributed by atoms with Crippen LogP contribution in [0.15, 0.2) is 42.5 Å². The Balaban J connectivity index is 2.34. The molecule has 2 nitrogen and oxygen atoms in total. The number of aliphatic hydroxyl groups excluding tert-OH is 1. The van der Waals surface area contributed by atoms with E-state index in [1.807, 2.05) is 19.1 Å². The molecule has 0 fully saturated rings. The molecule has 2 aromatic rings. The van der Waals surface area contributed by atoms with Crippen LogP contribution in [0, 0.1) is 13.8 Å². The minimum Gasteiger partial charge on any atom is -0.392 e. The summed E-state index contributed by atoms with van der Waals surface area (Å²) in [7, 11) is 2.06. The molecule has 0 saturated carbocycles. The molecule has 0 amide bonds. The number of benzene rings is 2. The average Bonchev–Trinajstić information content (AvgIpc) is 2.37. The average molecular weight is 241 g/mol. The zero-order valence-corrected chi connectivity index (χ0v) is 11.1. The van der Waals surface area contributed by atoms with Gasteiger partial charge in [-0.1, -0.05) is 18.2 Å². The summed E-state index contributed by atoms with van der Waals surface area (Å²) in [4.78, 5) is 2.15. The van der Waals surface area contributed by atoms with E-state index in [2.05, 4.69) is 49.2 Å². The van der Waals surface area contributed by atoms with Gasteiger partial charge in [0.1, 0.15) is 0 Å². The Kier molecular flexibility index (Phi) is 3.68. The lowest BCUT2D eigenvalue weighted by atomic mass is 10.1. The maximum absolute atomic E-state index is 9.19. The lowest BCUT2D eigenvalue weighted by molar-refractivity contribution is 0.281. The molecule has 0 bridgehead atoms. The minimum atomic E-state index is 0.0975. The zero-order chi connectivity index (χ0) is 13.1. The summed E-state index contributed by atoms with van der Waals surface area (Å²) in [6.45, 7) is 4.22. The first-order valence-corrected chi connectivity index (χ1v) is 6.12. The SMILES string of the molecule is Cc1cccc(N(C)c2ccc(CO)c(C)c2)c1. The first-order valence-electron chi connectivity index (χ1n) is 6.12. The van der Waals surface area contributed by atoms with Crippen LogP contribution < -0.4 is 4.90 Å². The lowest BCUT2D eigenvalue weighted by Gasteiger charge is -2.21. The Hall–Kier alpha value is -1.80. The van der Waals surface area contributed by atoms with Gasteiger partial charge < -0.3 is 10.0 Å². The summed E-state index contributed by atoms with van der Waals surface area (Å²) in [5.74, 6) is 0. The number of nitrogens with zero attached hydrogens (tertiary/aromatic N) is 1. The van der Waals surface area contributed by atoms with Crippen LogP contribution in [0.1, 0.15) is 16.7 Å². The highest BCUT2D eigenvalue weighted by Gasteiger charge is 2.06. The van der Waals surface area contributed by atoms with Crippen LogP contribution >= 0.6 is 0 Å². The molecule has 2 heteroatoms. The Bertz CT molecular complexity index is 549. The molecule has 0 heterocycles. The van der Waals surface area contributed by atoms with Crippen molar-refractivity contribution in [3.63, 3.8) is 0 Å². The van der Waals surface area contributed by atoms with Crippen LogP contribution in [0.4, 0.5) is 11.4 Å². The summed E-state index contributed by atoms with van der Waals surface area (Å²) in [5.41, 5.74) is 5.66. The van der Waals surface area contributed by atoms with Crippen LogP contribution in [-0.4, -0.2) is 12.2 Å². The third-order valence-electron chi connectivity index (χ3n) is 3.27. The molecule has 0 unspecified atom stereocenters. The summed E-state index contributed by atoms with van der Waals surface area (Å²) in [6.07, 6.45) is 0. The molecule has 18 heavy (non-hydrogen) atoms. The van der Waals surface area contributed by atoms with E-state index in [1.54, 1.807) is 0 Å². The Morgan fingerprint density at radius 2 is 1.72 bits per heavy atom. The van der Waals surface area contributed by atoms with Crippen molar-refractivity contribution in [2.45, 2.75) is 20.5 Å². The standard InChI is InChI=1S/C16H19NO/c1-12-5-4-6-15(9-12)17(3)16-8-7-14(11-18)13(2)10-16/h4-10,18H,11H2,1-3H3. The number of rotatable bonds is 3. The number of aliphatic hydroxyl groups is 1. The summed E-state index contributed by atoms with van der Waals surface area (Å²) < 4.78 is 0. The van der Waals surface area contributed by atoms with Gasteiger partial charge in [0.05, 0.1) is 6.61 Å². The molecule has 0 radical (unpaired) electrons. The van der Waals surface area contributed by atoms with Crippen LogP contribution in [0.25, 0.3) is 0 Å². The van der Waals surface area contributed by atoms with Crippen molar-refractivity contribution in [3.8, 4) is 0 Å². The fourth-order valence-electron chi connectivity index (χ4n) is 2.05. The van der Waals surface area contributed by atoms with Gasteiger partial charge in [-0.05, 0) is 54.8 Å². The number of aryl methyl sites for hydroxylation is 2. The second-order valence-electron chi connectivity index (χ2n) is 4.67. The third kappa shape index (κ3) is 2.54. The molecule has 2 aromatic carbocycles. The van der Waals surface area contributed by atoms with Gasteiger partial charge in [-0.3, -0.25) is 0 Å². The minimum absolute atomic E-state index is 0.0975. The van der Waals surface area contributed by atoms with Gasteiger partial charge in [-0.15, -0.1) is 0 Å². The zero-order valence-electron chi connectivity index (χ0n) is 11.1. The molecule has 0 saturated heterocycles. The molecule has 94 valence electrons. The monoisotopic (exact) mass is 241 g/mol. The van der Waals surface area contributed by atoms with Gasteiger partial charge in [0, 0.05) is 18.4 Å². The van der Waals surface area contributed by atoms with Gasteiger partial charge in [-0.2, -0.15) is 0 Å². The van der Waals surface area contributed by atoms with Crippen molar-refractivity contribution in [2.24, 2.45) is 0 Å². The molecule has 0 aliphatic rings. The van der Waals surface area contributed by atoms with Gasteiger partial charge >= 0.3 is 0 Å². The van der Waals surface area contributed by atoms with Crippen molar-refractivity contribution >= 4 is 11.4 Å². The maximum atomic E-state index is 9.19. The molecule has 0 aliphatic heterocycles. The topological polar surface area (TPSA) is 23.5 Å². The normalized spacial score (nSPS) is 10.4. The summed E-state index contributed by atoms with van der Waals surface area (Å²) in [6, 6.07) is 14.6. The smallest absolute Gasteiger partial charge is 0.0684 e. The molecule has 0 aromatic heterocycles. The highest BCUT2D eigenvalue weighted by Crippen LogP contribution is 2.26. The predicted octanol–water partition coefficient (Wildman–Crippen LogP) is 3.56. The maximum Gasteiger partial charge on any atom is 0.0684 e. The molecule has 0 aliphatic carbocycles. The Labute approximate surface area is 109 Å². The Morgan fingerprint density at radius 1 is 1.00 bits per heavy atom. The Morgan fingerprint density at radius 3 is 2.33 bits per heavy atom. The molecule has 1 N–H and O–H groups in total. The van der Waals surface area contributed by atoms with E-state index in [9.17, 15) is 5.11 Å². The molecule has 2 rings (SSSR count). The van der Waals surface area contributed by atoms with E-state index in [4.69, 9.17) is 0 Å². The highest BCUT2D eigenvalue weighted by atomic mass is 16.3.